The van der Waals surface area contributed by atoms with Crippen molar-refractivity contribution in [2.75, 3.05) is 12.3 Å². The third-order valence-electron chi connectivity index (χ3n) is 7.50. The summed E-state index contributed by atoms with van der Waals surface area (Å²) in [5.41, 5.74) is 13.0. The molecule has 10 heteroatoms. The molecule has 0 spiro atoms. The third kappa shape index (κ3) is 5.70. The minimum absolute atomic E-state index is 0.0497. The van der Waals surface area contributed by atoms with Crippen molar-refractivity contribution in [2.24, 2.45) is 4.99 Å². The Balaban J connectivity index is 0.00000103. The summed E-state index contributed by atoms with van der Waals surface area (Å²) in [6.45, 7) is 3.60. The second-order valence-corrected chi connectivity index (χ2v) is 10.2. The topological polar surface area (TPSA) is 140 Å². The molecule has 2 bridgehead atoms. The number of aldehydes is 1. The van der Waals surface area contributed by atoms with Gasteiger partial charge in [-0.05, 0) is 45.6 Å². The van der Waals surface area contributed by atoms with E-state index in [2.05, 4.69) is 26.8 Å². The minimum Gasteiger partial charge on any atom is -0.383 e. The Hall–Kier alpha value is -4.60. The number of nitrogens with zero attached hydrogens (tertiary/aromatic N) is 5. The summed E-state index contributed by atoms with van der Waals surface area (Å²) in [6.07, 6.45) is 9.67. The van der Waals surface area contributed by atoms with Gasteiger partial charge in [0.25, 0.3) is 0 Å². The first-order chi connectivity index (χ1) is 19.5. The first-order valence-electron chi connectivity index (χ1n) is 13.6. The molecule has 2 aliphatic rings. The standard InChI is InChI=1S/C28H30N8O.C2H4O/c1-17-26(20-11-21-8-9-22(12-20)34-25(37)15-30-16-32-21)35-28-23(14-33-36(28)27(17)29)19-7-10-24(31-13-19)18-5-3-2-4-6-18;1-2-3/h2-7,10,13-14,16,20-22H,8-9,11-12,15,29H2,1H3,(H,30,32)(H,34,37);2H,1H3. The summed E-state index contributed by atoms with van der Waals surface area (Å²) in [5, 5.41) is 11.1. The van der Waals surface area contributed by atoms with Gasteiger partial charge in [0, 0.05) is 46.5 Å². The molecule has 40 heavy (non-hydrogen) atoms. The lowest BCUT2D eigenvalue weighted by molar-refractivity contribution is -0.120. The predicted molar refractivity (Wildman–Crippen MR) is 156 cm³/mol. The van der Waals surface area contributed by atoms with Gasteiger partial charge in [-0.3, -0.25) is 14.8 Å². The number of benzene rings is 1. The number of carbonyl (C=O) groups excluding carboxylic acids is 2. The van der Waals surface area contributed by atoms with Crippen molar-refractivity contribution in [2.45, 2.75) is 57.5 Å². The fourth-order valence-corrected chi connectivity index (χ4v) is 5.53. The lowest BCUT2D eigenvalue weighted by Crippen LogP contribution is -2.38. The molecule has 0 radical (unpaired) electrons. The molecule has 1 aliphatic carbocycles. The van der Waals surface area contributed by atoms with E-state index in [1.165, 1.54) is 6.92 Å². The van der Waals surface area contributed by atoms with Gasteiger partial charge in [0.1, 0.15) is 18.6 Å². The highest BCUT2D eigenvalue weighted by atomic mass is 16.2. The molecule has 1 fully saturated rings. The average molecular weight is 539 g/mol. The summed E-state index contributed by atoms with van der Waals surface area (Å²) in [5.74, 6) is 0.664. The van der Waals surface area contributed by atoms with Crippen LogP contribution in [-0.4, -0.2) is 56.7 Å². The maximum Gasteiger partial charge on any atom is 0.241 e. The number of anilines is 1. The van der Waals surface area contributed by atoms with Crippen molar-refractivity contribution in [3.63, 3.8) is 0 Å². The van der Waals surface area contributed by atoms with E-state index in [9.17, 15) is 4.79 Å². The quantitative estimate of drug-likeness (QED) is 0.338. The Kier molecular flexibility index (Phi) is 8.14. The lowest BCUT2D eigenvalue weighted by Gasteiger charge is -2.23. The zero-order valence-corrected chi connectivity index (χ0v) is 22.7. The SMILES string of the molecule is CC=O.Cc1c(C2CC3CCC(C2)NC(=O)CN=CN3)nc2c(-c3ccc(-c4ccccc4)nc3)cnn2c1N. The van der Waals surface area contributed by atoms with Crippen molar-refractivity contribution < 1.29 is 9.59 Å². The monoisotopic (exact) mass is 538 g/mol. The number of amides is 1. The van der Waals surface area contributed by atoms with Crippen LogP contribution < -0.4 is 16.4 Å². The van der Waals surface area contributed by atoms with Crippen LogP contribution in [0.4, 0.5) is 5.82 Å². The van der Waals surface area contributed by atoms with E-state index in [0.29, 0.717) is 11.5 Å². The second-order valence-electron chi connectivity index (χ2n) is 10.2. The van der Waals surface area contributed by atoms with E-state index in [4.69, 9.17) is 20.5 Å². The van der Waals surface area contributed by atoms with Gasteiger partial charge in [0.2, 0.25) is 5.91 Å². The van der Waals surface area contributed by atoms with Gasteiger partial charge in [-0.2, -0.15) is 9.61 Å². The molecule has 4 heterocycles. The average Bonchev–Trinajstić information content (AvgIpc) is 3.28. The maximum atomic E-state index is 12.3. The lowest BCUT2D eigenvalue weighted by atomic mass is 9.90. The van der Waals surface area contributed by atoms with E-state index in [0.717, 1.165) is 65.6 Å². The van der Waals surface area contributed by atoms with Crippen LogP contribution in [-0.2, 0) is 9.59 Å². The highest BCUT2D eigenvalue weighted by Gasteiger charge is 2.31. The Labute approximate surface area is 233 Å². The van der Waals surface area contributed by atoms with Crippen LogP contribution in [0.2, 0.25) is 0 Å². The second kappa shape index (κ2) is 12.1. The molecular weight excluding hydrogens is 504 g/mol. The molecule has 3 aromatic heterocycles. The van der Waals surface area contributed by atoms with Gasteiger partial charge in [0.05, 0.1) is 23.9 Å². The number of nitrogens with two attached hydrogens (primary N) is 1. The van der Waals surface area contributed by atoms with Crippen LogP contribution in [0.15, 0.2) is 59.9 Å². The van der Waals surface area contributed by atoms with Gasteiger partial charge in [-0.1, -0.05) is 36.4 Å². The molecule has 3 unspecified atom stereocenters. The molecule has 206 valence electrons. The number of fused-ring (bicyclic) bond motifs is 4. The van der Waals surface area contributed by atoms with Crippen LogP contribution >= 0.6 is 0 Å². The summed E-state index contributed by atoms with van der Waals surface area (Å²) in [6, 6.07) is 14.5. The zero-order valence-electron chi connectivity index (χ0n) is 22.7. The molecule has 4 aromatic rings. The first-order valence-corrected chi connectivity index (χ1v) is 13.6. The number of hydrogen-bond acceptors (Lipinski definition) is 8. The van der Waals surface area contributed by atoms with Crippen LogP contribution in [0.25, 0.3) is 28.0 Å². The molecule has 1 aromatic carbocycles. The Morgan fingerprint density at radius 2 is 1.77 bits per heavy atom. The fourth-order valence-electron chi connectivity index (χ4n) is 5.53. The molecular formula is C30H34N8O2. The maximum absolute atomic E-state index is 12.3. The smallest absolute Gasteiger partial charge is 0.241 e. The van der Waals surface area contributed by atoms with E-state index in [-0.39, 0.29) is 30.5 Å². The summed E-state index contributed by atoms with van der Waals surface area (Å²) >= 11 is 0. The Morgan fingerprint density at radius 3 is 2.52 bits per heavy atom. The van der Waals surface area contributed by atoms with Crippen LogP contribution in [0, 0.1) is 6.92 Å². The van der Waals surface area contributed by atoms with Gasteiger partial charge in [0.15, 0.2) is 5.65 Å². The van der Waals surface area contributed by atoms with Crippen LogP contribution in [0.3, 0.4) is 0 Å². The van der Waals surface area contributed by atoms with Gasteiger partial charge < -0.3 is 21.2 Å². The van der Waals surface area contributed by atoms with Gasteiger partial charge >= 0.3 is 0 Å². The van der Waals surface area contributed by atoms with Crippen LogP contribution in [0.1, 0.15) is 49.8 Å². The minimum atomic E-state index is -0.0497. The largest absolute Gasteiger partial charge is 0.383 e. The molecule has 6 rings (SSSR count). The summed E-state index contributed by atoms with van der Waals surface area (Å²) in [7, 11) is 0. The number of aromatic nitrogens is 4. The molecule has 3 atom stereocenters. The van der Waals surface area contributed by atoms with E-state index in [1.807, 2.05) is 49.5 Å². The van der Waals surface area contributed by atoms with Gasteiger partial charge in [-0.15, -0.1) is 0 Å². The number of pyridine rings is 1. The van der Waals surface area contributed by atoms with Crippen molar-refractivity contribution in [1.29, 1.82) is 0 Å². The Bertz CT molecular complexity index is 1510. The molecule has 1 aliphatic heterocycles. The third-order valence-corrected chi connectivity index (χ3v) is 7.50. The van der Waals surface area contributed by atoms with Crippen molar-refractivity contribution in [1.82, 2.24) is 30.2 Å². The fraction of sp³-hybridized carbons (Fsp3) is 0.333. The predicted octanol–water partition coefficient (Wildman–Crippen LogP) is 3.70. The number of hydrogen-bond donors (Lipinski definition) is 3. The van der Waals surface area contributed by atoms with E-state index >= 15 is 0 Å². The van der Waals surface area contributed by atoms with Crippen molar-refractivity contribution >= 4 is 30.0 Å². The van der Waals surface area contributed by atoms with Gasteiger partial charge in [-0.25, -0.2) is 4.98 Å². The molecule has 10 nitrogen and oxygen atoms in total. The number of carbonyl (C=O) groups is 2. The Morgan fingerprint density at radius 1 is 1.02 bits per heavy atom. The van der Waals surface area contributed by atoms with Crippen LogP contribution in [0.5, 0.6) is 0 Å². The number of aliphatic imine (C=N–C) groups is 1. The first kappa shape index (κ1) is 27.0. The number of nitrogen functional groups attached to an aromatic ring is 1. The molecule has 0 saturated heterocycles. The highest BCUT2D eigenvalue weighted by molar-refractivity contribution is 5.80. The normalized spacial score (nSPS) is 20.6. The number of nitrogens with one attached hydrogen (secondary N) is 2. The molecule has 1 saturated carbocycles. The van der Waals surface area contributed by atoms with Crippen molar-refractivity contribution in [3.8, 4) is 22.4 Å². The van der Waals surface area contributed by atoms with Crippen molar-refractivity contribution in [3.05, 3.63) is 66.1 Å². The highest BCUT2D eigenvalue weighted by Crippen LogP contribution is 2.36. The van der Waals surface area contributed by atoms with E-state index in [1.54, 1.807) is 17.1 Å². The summed E-state index contributed by atoms with van der Waals surface area (Å²) < 4.78 is 1.71. The van der Waals surface area contributed by atoms with E-state index < -0.39 is 0 Å². The zero-order chi connectivity index (χ0) is 28.1. The number of rotatable bonds is 3. The summed E-state index contributed by atoms with van der Waals surface area (Å²) in [4.78, 5) is 35.2. The molecule has 1 amide bonds. The molecule has 4 N–H and O–H groups in total.